The summed E-state index contributed by atoms with van der Waals surface area (Å²) in [6.07, 6.45) is 3.69. The molecule has 1 amide bonds. The Morgan fingerprint density at radius 1 is 0.949 bits per heavy atom. The van der Waals surface area contributed by atoms with E-state index in [0.29, 0.717) is 42.4 Å². The summed E-state index contributed by atoms with van der Waals surface area (Å²) in [4.78, 5) is 44.5. The lowest BCUT2D eigenvalue weighted by molar-refractivity contribution is 0.0487. The summed E-state index contributed by atoms with van der Waals surface area (Å²) >= 11 is 0. The molecular weight excluding hydrogens is 492 g/mol. The van der Waals surface area contributed by atoms with Gasteiger partial charge in [0.15, 0.2) is 5.65 Å². The predicted molar refractivity (Wildman–Crippen MR) is 152 cm³/mol. The summed E-state index contributed by atoms with van der Waals surface area (Å²) in [5.41, 5.74) is 2.53. The number of ether oxygens (including phenoxy) is 1. The number of hydrogen-bond donors (Lipinski definition) is 1. The summed E-state index contributed by atoms with van der Waals surface area (Å²) in [5.74, 6) is 0. The molecule has 0 unspecified atom stereocenters. The molecule has 1 saturated carbocycles. The number of pyridine rings is 1. The van der Waals surface area contributed by atoms with Gasteiger partial charge in [-0.3, -0.25) is 9.36 Å². The molecule has 0 radical (unpaired) electrons. The van der Waals surface area contributed by atoms with Crippen LogP contribution in [0.4, 0.5) is 4.79 Å². The molecule has 0 bridgehead atoms. The topological polar surface area (TPSA) is 95.2 Å². The Balaban J connectivity index is 1.53. The van der Waals surface area contributed by atoms with Gasteiger partial charge in [0.2, 0.25) is 0 Å². The molecule has 1 aliphatic carbocycles. The van der Waals surface area contributed by atoms with Gasteiger partial charge in [-0.15, -0.1) is 0 Å². The Bertz CT molecular complexity index is 1620. The summed E-state index contributed by atoms with van der Waals surface area (Å²) in [5, 5.41) is 3.34. The van der Waals surface area contributed by atoms with Crippen LogP contribution in [0.5, 0.6) is 0 Å². The van der Waals surface area contributed by atoms with Crippen LogP contribution in [-0.2, 0) is 4.74 Å². The molecule has 0 atom stereocenters. The maximum absolute atomic E-state index is 14.0. The maximum atomic E-state index is 14.0. The predicted octanol–water partition coefficient (Wildman–Crippen LogP) is 5.53. The molecule has 4 aromatic rings. The molecule has 8 heteroatoms. The number of carbonyl (C=O) groups is 1. The van der Waals surface area contributed by atoms with Crippen molar-refractivity contribution >= 4 is 17.1 Å². The fraction of sp³-hybridized carbons (Fsp3) is 0.355. The number of nitrogens with zero attached hydrogens (tertiary/aromatic N) is 3. The number of alkyl carbamates (subject to hydrolysis) is 1. The lowest BCUT2D eigenvalue weighted by Crippen LogP contribution is -2.45. The van der Waals surface area contributed by atoms with Gasteiger partial charge < -0.3 is 10.1 Å². The van der Waals surface area contributed by atoms with Gasteiger partial charge in [0.25, 0.3) is 5.56 Å². The SMILES string of the molecule is Cc1cnc2c(c1)c(=O)n(C1CCC(NC(=O)OC(C)(C)C)CC1)c(=O)n2-c1cccc(-c2ccccc2)c1. The van der Waals surface area contributed by atoms with Crippen LogP contribution in [0.25, 0.3) is 27.8 Å². The zero-order valence-corrected chi connectivity index (χ0v) is 22.8. The second-order valence-electron chi connectivity index (χ2n) is 11.2. The largest absolute Gasteiger partial charge is 0.444 e. The van der Waals surface area contributed by atoms with Gasteiger partial charge >= 0.3 is 11.8 Å². The molecule has 2 aromatic heterocycles. The van der Waals surface area contributed by atoms with E-state index in [-0.39, 0.29) is 17.6 Å². The Morgan fingerprint density at radius 3 is 2.33 bits per heavy atom. The third-order valence-electron chi connectivity index (χ3n) is 7.06. The van der Waals surface area contributed by atoms with Gasteiger partial charge in [0.05, 0.1) is 11.1 Å². The van der Waals surface area contributed by atoms with Crippen molar-refractivity contribution in [2.75, 3.05) is 0 Å². The molecule has 39 heavy (non-hydrogen) atoms. The molecule has 2 heterocycles. The minimum atomic E-state index is -0.575. The van der Waals surface area contributed by atoms with Crippen LogP contribution in [0.1, 0.15) is 58.1 Å². The van der Waals surface area contributed by atoms with E-state index < -0.39 is 17.4 Å². The van der Waals surface area contributed by atoms with Crippen molar-refractivity contribution in [3.63, 3.8) is 0 Å². The van der Waals surface area contributed by atoms with Crippen LogP contribution in [-0.4, -0.2) is 31.9 Å². The Labute approximate surface area is 227 Å². The minimum Gasteiger partial charge on any atom is -0.444 e. The average molecular weight is 527 g/mol. The van der Waals surface area contributed by atoms with Crippen molar-refractivity contribution in [3.8, 4) is 16.8 Å². The van der Waals surface area contributed by atoms with E-state index in [2.05, 4.69) is 10.3 Å². The van der Waals surface area contributed by atoms with E-state index >= 15 is 0 Å². The summed E-state index contributed by atoms with van der Waals surface area (Å²) < 4.78 is 8.33. The Hall–Kier alpha value is -4.20. The fourth-order valence-corrected chi connectivity index (χ4v) is 5.27. The number of aromatic nitrogens is 3. The smallest absolute Gasteiger partial charge is 0.407 e. The summed E-state index contributed by atoms with van der Waals surface area (Å²) in [6, 6.07) is 19.1. The third-order valence-corrected chi connectivity index (χ3v) is 7.06. The van der Waals surface area contributed by atoms with Gasteiger partial charge in [-0.1, -0.05) is 42.5 Å². The highest BCUT2D eigenvalue weighted by Crippen LogP contribution is 2.28. The van der Waals surface area contributed by atoms with Gasteiger partial charge in [-0.25, -0.2) is 19.1 Å². The lowest BCUT2D eigenvalue weighted by atomic mass is 9.91. The highest BCUT2D eigenvalue weighted by Gasteiger charge is 2.29. The van der Waals surface area contributed by atoms with E-state index in [9.17, 15) is 14.4 Å². The monoisotopic (exact) mass is 526 g/mol. The van der Waals surface area contributed by atoms with Crippen molar-refractivity contribution in [3.05, 3.63) is 93.3 Å². The number of rotatable bonds is 4. The number of aryl methyl sites for hydroxylation is 1. The molecule has 0 saturated heterocycles. The zero-order valence-electron chi connectivity index (χ0n) is 22.8. The first-order valence-electron chi connectivity index (χ1n) is 13.4. The molecule has 5 rings (SSSR count). The van der Waals surface area contributed by atoms with E-state index in [0.717, 1.165) is 16.7 Å². The van der Waals surface area contributed by atoms with Crippen LogP contribution in [0.3, 0.4) is 0 Å². The molecule has 1 fully saturated rings. The van der Waals surface area contributed by atoms with Crippen molar-refractivity contribution in [2.45, 2.75) is 71.1 Å². The summed E-state index contributed by atoms with van der Waals surface area (Å²) in [6.45, 7) is 7.36. The standard InChI is InChI=1S/C31H34N4O4/c1-20-17-26-27(32-19-20)34(25-12-8-11-22(18-25)21-9-6-5-7-10-21)30(38)35(28(26)36)24-15-13-23(14-16-24)33-29(37)39-31(2,3)4/h5-12,17-19,23-24H,13-16H2,1-4H3,(H,33,37). The second kappa shape index (κ2) is 10.5. The Morgan fingerprint density at radius 2 is 1.64 bits per heavy atom. The molecule has 1 N–H and O–H groups in total. The van der Waals surface area contributed by atoms with Crippen molar-refractivity contribution < 1.29 is 9.53 Å². The highest BCUT2D eigenvalue weighted by molar-refractivity contribution is 5.77. The van der Waals surface area contributed by atoms with Crippen molar-refractivity contribution in [2.24, 2.45) is 0 Å². The maximum Gasteiger partial charge on any atom is 0.407 e. The minimum absolute atomic E-state index is 0.0686. The zero-order chi connectivity index (χ0) is 27.7. The number of hydrogen-bond acceptors (Lipinski definition) is 5. The number of benzene rings is 2. The van der Waals surface area contributed by atoms with E-state index in [4.69, 9.17) is 4.74 Å². The quantitative estimate of drug-likeness (QED) is 0.377. The molecule has 1 aliphatic rings. The second-order valence-corrected chi connectivity index (χ2v) is 11.2. The normalized spacial score (nSPS) is 17.6. The first-order valence-corrected chi connectivity index (χ1v) is 13.4. The van der Waals surface area contributed by atoms with Gasteiger partial charge in [-0.2, -0.15) is 0 Å². The van der Waals surface area contributed by atoms with Gasteiger partial charge in [0.1, 0.15) is 5.60 Å². The Kier molecular flexibility index (Phi) is 7.12. The number of nitrogens with one attached hydrogen (secondary N) is 1. The van der Waals surface area contributed by atoms with E-state index in [1.807, 2.05) is 82.3 Å². The lowest BCUT2D eigenvalue weighted by Gasteiger charge is -2.31. The van der Waals surface area contributed by atoms with Crippen molar-refractivity contribution in [1.82, 2.24) is 19.4 Å². The number of carbonyl (C=O) groups excluding carboxylic acids is 1. The summed E-state index contributed by atoms with van der Waals surface area (Å²) in [7, 11) is 0. The molecule has 0 aliphatic heterocycles. The first-order chi connectivity index (χ1) is 18.6. The number of amides is 1. The molecular formula is C31H34N4O4. The van der Waals surface area contributed by atoms with E-state index in [1.54, 1.807) is 16.8 Å². The molecule has 0 spiro atoms. The van der Waals surface area contributed by atoms with Crippen LogP contribution in [0.2, 0.25) is 0 Å². The fourth-order valence-electron chi connectivity index (χ4n) is 5.27. The van der Waals surface area contributed by atoms with E-state index in [1.165, 1.54) is 4.57 Å². The van der Waals surface area contributed by atoms with Crippen LogP contribution in [0, 0.1) is 6.92 Å². The third kappa shape index (κ3) is 5.65. The van der Waals surface area contributed by atoms with Crippen LogP contribution in [0.15, 0.2) is 76.4 Å². The van der Waals surface area contributed by atoms with Gasteiger partial charge in [-0.05, 0) is 88.3 Å². The van der Waals surface area contributed by atoms with Gasteiger partial charge in [0, 0.05) is 18.3 Å². The van der Waals surface area contributed by atoms with Crippen LogP contribution < -0.4 is 16.6 Å². The first kappa shape index (κ1) is 26.4. The molecule has 2 aromatic carbocycles. The number of fused-ring (bicyclic) bond motifs is 1. The highest BCUT2D eigenvalue weighted by atomic mass is 16.6. The molecule has 8 nitrogen and oxygen atoms in total. The van der Waals surface area contributed by atoms with Crippen molar-refractivity contribution in [1.29, 1.82) is 0 Å². The van der Waals surface area contributed by atoms with Crippen LogP contribution >= 0.6 is 0 Å². The average Bonchev–Trinajstić information content (AvgIpc) is 2.90. The molecule has 202 valence electrons.